The van der Waals surface area contributed by atoms with E-state index in [1.807, 2.05) is 6.92 Å². The molecule has 0 saturated carbocycles. The van der Waals surface area contributed by atoms with Crippen LogP contribution in [0.2, 0.25) is 5.02 Å². The van der Waals surface area contributed by atoms with Crippen molar-refractivity contribution in [3.8, 4) is 0 Å². The fourth-order valence-electron chi connectivity index (χ4n) is 3.23. The van der Waals surface area contributed by atoms with E-state index in [2.05, 4.69) is 42.3 Å². The number of carbonyl (C=O) groups is 1. The van der Waals surface area contributed by atoms with E-state index < -0.39 is 24.0 Å². The average molecular weight is 601 g/mol. The number of hydrogen-bond acceptors (Lipinski definition) is 3. The summed E-state index contributed by atoms with van der Waals surface area (Å²) < 4.78 is 56.1. The fraction of sp³-hybridized carbons (Fsp3) is 0.333. The second-order valence-corrected chi connectivity index (χ2v) is 9.33. The number of nitrogens with one attached hydrogen (secondary N) is 1. The third kappa shape index (κ3) is 4.97. The van der Waals surface area contributed by atoms with Gasteiger partial charge >= 0.3 is 6.18 Å². The first kappa shape index (κ1) is 25.0. The van der Waals surface area contributed by atoms with E-state index in [0.717, 1.165) is 12.1 Å². The van der Waals surface area contributed by atoms with Crippen LogP contribution in [0, 0.1) is 5.82 Å². The van der Waals surface area contributed by atoms with Gasteiger partial charge in [-0.15, -0.1) is 0 Å². The summed E-state index contributed by atoms with van der Waals surface area (Å²) in [7, 11) is 0. The molecule has 1 aliphatic rings. The lowest BCUT2D eigenvalue weighted by molar-refractivity contribution is -0.275. The first-order valence-corrected chi connectivity index (χ1v) is 11.5. The molecule has 32 heavy (non-hydrogen) atoms. The van der Waals surface area contributed by atoms with Crippen LogP contribution in [-0.2, 0) is 21.8 Å². The molecule has 0 unspecified atom stereocenters. The van der Waals surface area contributed by atoms with E-state index in [9.17, 15) is 22.4 Å². The summed E-state index contributed by atoms with van der Waals surface area (Å²) in [5, 5.41) is 6.71. The van der Waals surface area contributed by atoms with Crippen LogP contribution in [0.1, 0.15) is 42.9 Å². The summed E-state index contributed by atoms with van der Waals surface area (Å²) >= 11 is 12.2. The number of benzene rings is 2. The first-order valence-electron chi connectivity index (χ1n) is 9.50. The third-order valence-electron chi connectivity index (χ3n) is 4.98. The van der Waals surface area contributed by atoms with E-state index in [0.29, 0.717) is 24.0 Å². The highest BCUT2D eigenvalue weighted by atomic mass is 79.9. The maximum Gasteiger partial charge on any atom is 0.435 e. The van der Waals surface area contributed by atoms with E-state index in [4.69, 9.17) is 16.4 Å². The summed E-state index contributed by atoms with van der Waals surface area (Å²) in [4.78, 5) is 16.6. The average Bonchev–Trinajstić information content (AvgIpc) is 3.18. The summed E-state index contributed by atoms with van der Waals surface area (Å²) in [6.07, 6.45) is -4.36. The van der Waals surface area contributed by atoms with Crippen molar-refractivity contribution < 1.29 is 27.2 Å². The molecule has 11 heteroatoms. The van der Waals surface area contributed by atoms with Gasteiger partial charge in [0.2, 0.25) is 5.91 Å². The van der Waals surface area contributed by atoms with Gasteiger partial charge in [-0.05, 0) is 62.0 Å². The van der Waals surface area contributed by atoms with Crippen LogP contribution < -0.4 is 5.32 Å². The van der Waals surface area contributed by atoms with Crippen molar-refractivity contribution in [2.45, 2.75) is 44.5 Å². The van der Waals surface area contributed by atoms with Gasteiger partial charge < -0.3 is 10.2 Å². The van der Waals surface area contributed by atoms with Crippen molar-refractivity contribution in [1.82, 2.24) is 5.32 Å². The quantitative estimate of drug-likeness (QED) is 0.287. The SMILES string of the molecule is CCCC(=O)NCc1ccc(C2=NO[C@@](c3cc(Br)c(F)c(Br)c3)(C(F)(F)F)C2)cc1Cl. The number of halogens is 7. The van der Waals surface area contributed by atoms with Crippen molar-refractivity contribution in [1.29, 1.82) is 0 Å². The van der Waals surface area contributed by atoms with Crippen molar-refractivity contribution in [3.63, 3.8) is 0 Å². The van der Waals surface area contributed by atoms with Crippen LogP contribution in [0.3, 0.4) is 0 Å². The lowest BCUT2D eigenvalue weighted by Crippen LogP contribution is -2.42. The van der Waals surface area contributed by atoms with Crippen LogP contribution in [-0.4, -0.2) is 17.8 Å². The van der Waals surface area contributed by atoms with Crippen LogP contribution in [0.15, 0.2) is 44.4 Å². The Labute approximate surface area is 203 Å². The number of amides is 1. The molecule has 0 spiro atoms. The van der Waals surface area contributed by atoms with Crippen molar-refractivity contribution in [2.75, 3.05) is 0 Å². The molecule has 4 nitrogen and oxygen atoms in total. The number of alkyl halides is 3. The van der Waals surface area contributed by atoms with Crippen LogP contribution in [0.5, 0.6) is 0 Å². The molecule has 0 aliphatic carbocycles. The highest BCUT2D eigenvalue weighted by Gasteiger charge is 2.62. The molecule has 1 heterocycles. The first-order chi connectivity index (χ1) is 15.0. The Morgan fingerprint density at radius 2 is 1.91 bits per heavy atom. The molecule has 0 aromatic heterocycles. The monoisotopic (exact) mass is 598 g/mol. The molecule has 2 aromatic rings. The zero-order valence-corrected chi connectivity index (χ0v) is 20.6. The number of hydrogen-bond donors (Lipinski definition) is 1. The van der Waals surface area contributed by atoms with Crippen molar-refractivity contribution in [3.05, 3.63) is 66.8 Å². The van der Waals surface area contributed by atoms with Gasteiger partial charge in [0.15, 0.2) is 5.82 Å². The van der Waals surface area contributed by atoms with Gasteiger partial charge in [-0.2, -0.15) is 13.2 Å². The van der Waals surface area contributed by atoms with Gasteiger partial charge in [0.1, 0.15) is 0 Å². The van der Waals surface area contributed by atoms with Gasteiger partial charge in [-0.25, -0.2) is 4.39 Å². The second kappa shape index (κ2) is 9.69. The van der Waals surface area contributed by atoms with Gasteiger partial charge in [-0.1, -0.05) is 35.8 Å². The Morgan fingerprint density at radius 1 is 1.25 bits per heavy atom. The summed E-state index contributed by atoms with van der Waals surface area (Å²) in [5.41, 5.74) is -2.06. The zero-order valence-electron chi connectivity index (χ0n) is 16.6. The van der Waals surface area contributed by atoms with Crippen molar-refractivity contribution in [2.24, 2.45) is 5.16 Å². The predicted octanol–water partition coefficient (Wildman–Crippen LogP) is 7.00. The second-order valence-electron chi connectivity index (χ2n) is 7.22. The van der Waals surface area contributed by atoms with Crippen LogP contribution in [0.4, 0.5) is 17.6 Å². The summed E-state index contributed by atoms with van der Waals surface area (Å²) in [6.45, 7) is 2.08. The molecule has 2 aromatic carbocycles. The number of nitrogens with zero attached hydrogens (tertiary/aromatic N) is 1. The van der Waals surface area contributed by atoms with E-state index in [-0.39, 0.29) is 37.7 Å². The highest BCUT2D eigenvalue weighted by molar-refractivity contribution is 9.11. The topological polar surface area (TPSA) is 50.7 Å². The lowest BCUT2D eigenvalue weighted by Gasteiger charge is -2.29. The molecule has 0 saturated heterocycles. The Morgan fingerprint density at radius 3 is 2.47 bits per heavy atom. The van der Waals surface area contributed by atoms with E-state index in [1.54, 1.807) is 12.1 Å². The Kier molecular flexibility index (Phi) is 7.56. The van der Waals surface area contributed by atoms with Gasteiger partial charge in [0, 0.05) is 35.5 Å². The molecule has 0 fully saturated rings. The molecule has 1 N–H and O–H groups in total. The highest BCUT2D eigenvalue weighted by Crippen LogP contribution is 2.50. The molecule has 172 valence electrons. The minimum atomic E-state index is -4.83. The molecule has 0 radical (unpaired) electrons. The lowest BCUT2D eigenvalue weighted by atomic mass is 9.86. The minimum absolute atomic E-state index is 0.0439. The molecule has 1 amide bonds. The smallest absolute Gasteiger partial charge is 0.374 e. The molecular weight excluding hydrogens is 583 g/mol. The number of rotatable bonds is 6. The zero-order chi connectivity index (χ0) is 23.7. The fourth-order valence-corrected chi connectivity index (χ4v) is 4.66. The summed E-state index contributed by atoms with van der Waals surface area (Å²) in [6, 6.07) is 6.72. The number of carbonyl (C=O) groups excluding carboxylic acids is 1. The molecule has 3 rings (SSSR count). The van der Waals surface area contributed by atoms with Crippen LogP contribution in [0.25, 0.3) is 0 Å². The standard InChI is InChI=1S/C21H17Br2ClF4N2O2/c1-2-3-18(31)29-10-12-5-4-11(6-16(12)24)17-9-20(32-30-17,21(26,27)28)13-7-14(22)19(25)15(23)8-13/h4-8H,2-3,9-10H2,1H3,(H,29,31)/t20-/m0/s1. The summed E-state index contributed by atoms with van der Waals surface area (Å²) in [5.74, 6) is -0.841. The maximum atomic E-state index is 14.1. The molecular formula is C21H17Br2ClF4N2O2. The predicted molar refractivity (Wildman–Crippen MR) is 120 cm³/mol. The van der Waals surface area contributed by atoms with Crippen molar-refractivity contribution >= 4 is 55.1 Å². The molecule has 1 atom stereocenters. The van der Waals surface area contributed by atoms with Gasteiger partial charge in [0.05, 0.1) is 14.7 Å². The molecule has 1 aliphatic heterocycles. The maximum absolute atomic E-state index is 14.1. The Bertz CT molecular complexity index is 1060. The minimum Gasteiger partial charge on any atom is -0.374 e. The van der Waals surface area contributed by atoms with Gasteiger partial charge in [0.25, 0.3) is 5.60 Å². The third-order valence-corrected chi connectivity index (χ3v) is 6.48. The Balaban J connectivity index is 1.87. The van der Waals surface area contributed by atoms with Gasteiger partial charge in [-0.3, -0.25) is 4.79 Å². The Hall–Kier alpha value is -1.65. The van der Waals surface area contributed by atoms with E-state index in [1.165, 1.54) is 6.07 Å². The largest absolute Gasteiger partial charge is 0.435 e. The normalized spacial score (nSPS) is 18.3. The van der Waals surface area contributed by atoms with E-state index >= 15 is 0 Å². The van der Waals surface area contributed by atoms with Crippen LogP contribution >= 0.6 is 43.5 Å². The number of oxime groups is 1. The molecule has 0 bridgehead atoms.